The molecule has 14 heavy (non-hydrogen) atoms. The van der Waals surface area contributed by atoms with E-state index in [4.69, 9.17) is 5.73 Å². The average Bonchev–Trinajstić information content (AvgIpc) is 2.18. The largest absolute Gasteiger partial charge is 0.345 e. The summed E-state index contributed by atoms with van der Waals surface area (Å²) < 4.78 is 0. The van der Waals surface area contributed by atoms with Gasteiger partial charge in [0.15, 0.2) is 0 Å². The number of nitrogens with one attached hydrogen (secondary N) is 1. The minimum absolute atomic E-state index is 0.184. The highest BCUT2D eigenvalue weighted by Crippen LogP contribution is 2.25. The first kappa shape index (κ1) is 11.2. The van der Waals surface area contributed by atoms with Crippen LogP contribution in [-0.4, -0.2) is 23.8 Å². The molecule has 1 fully saturated rings. The second-order valence-electron chi connectivity index (χ2n) is 4.12. The van der Waals surface area contributed by atoms with Crippen LogP contribution in [0.4, 0.5) is 0 Å². The molecule has 1 rings (SSSR count). The predicted molar refractivity (Wildman–Crippen MR) is 53.7 cm³/mol. The normalized spacial score (nSPS) is 22.4. The molecular weight excluding hydrogens is 180 g/mol. The van der Waals surface area contributed by atoms with Crippen molar-refractivity contribution in [2.75, 3.05) is 0 Å². The SMILES string of the molecule is C[C@@H](C=O)NC(=O)C1(N)CCCCC1. The minimum Gasteiger partial charge on any atom is -0.345 e. The second kappa shape index (κ2) is 4.55. The third-order valence-electron chi connectivity index (χ3n) is 2.76. The Morgan fingerprint density at radius 2 is 2.00 bits per heavy atom. The van der Waals surface area contributed by atoms with E-state index in [1.54, 1.807) is 6.92 Å². The van der Waals surface area contributed by atoms with E-state index in [0.717, 1.165) is 32.1 Å². The Morgan fingerprint density at radius 3 is 2.50 bits per heavy atom. The number of carbonyl (C=O) groups excluding carboxylic acids is 2. The van der Waals surface area contributed by atoms with Crippen LogP contribution in [0.25, 0.3) is 0 Å². The van der Waals surface area contributed by atoms with Crippen molar-refractivity contribution in [3.63, 3.8) is 0 Å². The summed E-state index contributed by atoms with van der Waals surface area (Å²) in [5, 5.41) is 2.61. The van der Waals surface area contributed by atoms with Crippen molar-refractivity contribution in [2.45, 2.75) is 50.6 Å². The quantitative estimate of drug-likeness (QED) is 0.643. The second-order valence-corrected chi connectivity index (χ2v) is 4.12. The van der Waals surface area contributed by atoms with E-state index in [0.29, 0.717) is 6.29 Å². The number of nitrogens with two attached hydrogens (primary N) is 1. The third kappa shape index (κ3) is 2.54. The molecule has 0 saturated heterocycles. The first-order valence-electron chi connectivity index (χ1n) is 5.13. The monoisotopic (exact) mass is 198 g/mol. The molecule has 4 heteroatoms. The highest BCUT2D eigenvalue weighted by atomic mass is 16.2. The maximum atomic E-state index is 11.7. The minimum atomic E-state index is -0.741. The van der Waals surface area contributed by atoms with Crippen molar-refractivity contribution in [3.8, 4) is 0 Å². The fourth-order valence-electron chi connectivity index (χ4n) is 1.79. The van der Waals surface area contributed by atoms with Gasteiger partial charge in [0.1, 0.15) is 6.29 Å². The number of hydrogen-bond acceptors (Lipinski definition) is 3. The zero-order chi connectivity index (χ0) is 10.6. The van der Waals surface area contributed by atoms with Gasteiger partial charge in [-0.25, -0.2) is 0 Å². The molecule has 0 bridgehead atoms. The first-order valence-corrected chi connectivity index (χ1v) is 5.13. The van der Waals surface area contributed by atoms with Gasteiger partial charge >= 0.3 is 0 Å². The Morgan fingerprint density at radius 1 is 1.43 bits per heavy atom. The molecule has 1 saturated carbocycles. The van der Waals surface area contributed by atoms with E-state index in [9.17, 15) is 9.59 Å². The smallest absolute Gasteiger partial charge is 0.240 e. The van der Waals surface area contributed by atoms with E-state index in [-0.39, 0.29) is 5.91 Å². The number of hydrogen-bond donors (Lipinski definition) is 2. The molecule has 0 aromatic rings. The number of carbonyl (C=O) groups is 2. The van der Waals surface area contributed by atoms with E-state index >= 15 is 0 Å². The van der Waals surface area contributed by atoms with Crippen molar-refractivity contribution in [1.82, 2.24) is 5.32 Å². The molecular formula is C10H18N2O2. The van der Waals surface area contributed by atoms with Gasteiger partial charge in [-0.2, -0.15) is 0 Å². The fraction of sp³-hybridized carbons (Fsp3) is 0.800. The summed E-state index contributed by atoms with van der Waals surface area (Å²) in [5.41, 5.74) is 5.24. The van der Waals surface area contributed by atoms with Gasteiger partial charge in [0, 0.05) is 0 Å². The van der Waals surface area contributed by atoms with Crippen LogP contribution in [0.5, 0.6) is 0 Å². The molecule has 1 amide bonds. The van der Waals surface area contributed by atoms with Crippen molar-refractivity contribution in [3.05, 3.63) is 0 Å². The highest BCUT2D eigenvalue weighted by molar-refractivity contribution is 5.88. The van der Waals surface area contributed by atoms with Crippen molar-refractivity contribution < 1.29 is 9.59 Å². The van der Waals surface area contributed by atoms with E-state index in [2.05, 4.69) is 5.32 Å². The van der Waals surface area contributed by atoms with Crippen LogP contribution in [-0.2, 0) is 9.59 Å². The summed E-state index contributed by atoms with van der Waals surface area (Å²) in [6.07, 6.45) is 5.31. The molecule has 4 nitrogen and oxygen atoms in total. The lowest BCUT2D eigenvalue weighted by Gasteiger charge is -2.32. The summed E-state index contributed by atoms with van der Waals surface area (Å²) in [4.78, 5) is 22.1. The Hall–Kier alpha value is -0.900. The van der Waals surface area contributed by atoms with Crippen molar-refractivity contribution >= 4 is 12.2 Å². The molecule has 0 radical (unpaired) electrons. The molecule has 0 unspecified atom stereocenters. The standard InChI is InChI=1S/C10H18N2O2/c1-8(7-13)12-9(14)10(11)5-3-2-4-6-10/h7-8H,2-6,11H2,1H3,(H,12,14)/t8-/m0/s1. The molecule has 1 atom stereocenters. The number of rotatable bonds is 3. The first-order chi connectivity index (χ1) is 6.58. The van der Waals surface area contributed by atoms with Gasteiger partial charge in [-0.05, 0) is 19.8 Å². The van der Waals surface area contributed by atoms with Crippen LogP contribution in [0.15, 0.2) is 0 Å². The Labute approximate surface area is 84.2 Å². The van der Waals surface area contributed by atoms with Gasteiger partial charge < -0.3 is 15.8 Å². The van der Waals surface area contributed by atoms with Gasteiger partial charge in [0.2, 0.25) is 5.91 Å². The third-order valence-corrected chi connectivity index (χ3v) is 2.76. The maximum absolute atomic E-state index is 11.7. The Bertz CT molecular complexity index is 222. The van der Waals surface area contributed by atoms with Crippen LogP contribution < -0.4 is 11.1 Å². The number of aldehydes is 1. The zero-order valence-corrected chi connectivity index (χ0v) is 8.58. The van der Waals surface area contributed by atoms with Gasteiger partial charge in [0.05, 0.1) is 11.6 Å². The summed E-state index contributed by atoms with van der Waals surface area (Å²) in [5.74, 6) is -0.184. The summed E-state index contributed by atoms with van der Waals surface area (Å²) in [6.45, 7) is 1.65. The Kier molecular flexibility index (Phi) is 3.63. The highest BCUT2D eigenvalue weighted by Gasteiger charge is 2.35. The van der Waals surface area contributed by atoms with Crippen molar-refractivity contribution in [1.29, 1.82) is 0 Å². The van der Waals surface area contributed by atoms with Crippen LogP contribution in [0.3, 0.4) is 0 Å². The average molecular weight is 198 g/mol. The van der Waals surface area contributed by atoms with Crippen LogP contribution >= 0.6 is 0 Å². The zero-order valence-electron chi connectivity index (χ0n) is 8.58. The molecule has 1 aliphatic carbocycles. The van der Waals surface area contributed by atoms with Crippen LogP contribution in [0.1, 0.15) is 39.0 Å². The lowest BCUT2D eigenvalue weighted by Crippen LogP contribution is -2.56. The van der Waals surface area contributed by atoms with Crippen molar-refractivity contribution in [2.24, 2.45) is 5.73 Å². The molecule has 3 N–H and O–H groups in total. The lowest BCUT2D eigenvalue weighted by atomic mass is 9.82. The van der Waals surface area contributed by atoms with Gasteiger partial charge in [-0.3, -0.25) is 4.79 Å². The van der Waals surface area contributed by atoms with E-state index in [1.807, 2.05) is 0 Å². The fourth-order valence-corrected chi connectivity index (χ4v) is 1.79. The number of amides is 1. The topological polar surface area (TPSA) is 72.2 Å². The molecule has 1 aliphatic rings. The summed E-state index contributed by atoms with van der Waals surface area (Å²) in [6, 6.07) is -0.440. The van der Waals surface area contributed by atoms with Gasteiger partial charge in [-0.15, -0.1) is 0 Å². The van der Waals surface area contributed by atoms with E-state index in [1.165, 1.54) is 0 Å². The predicted octanol–water partition coefficient (Wildman–Crippen LogP) is 0.352. The Balaban J connectivity index is 2.53. The molecule has 0 spiro atoms. The van der Waals surface area contributed by atoms with Crippen LogP contribution in [0, 0.1) is 0 Å². The molecule has 80 valence electrons. The molecule has 0 aliphatic heterocycles. The maximum Gasteiger partial charge on any atom is 0.240 e. The lowest BCUT2D eigenvalue weighted by molar-refractivity contribution is -0.129. The molecule has 0 heterocycles. The van der Waals surface area contributed by atoms with E-state index < -0.39 is 11.6 Å². The summed E-state index contributed by atoms with van der Waals surface area (Å²) >= 11 is 0. The van der Waals surface area contributed by atoms with Crippen LogP contribution in [0.2, 0.25) is 0 Å². The van der Waals surface area contributed by atoms with Gasteiger partial charge in [-0.1, -0.05) is 19.3 Å². The molecule has 0 aromatic heterocycles. The molecule has 0 aromatic carbocycles. The summed E-state index contributed by atoms with van der Waals surface area (Å²) in [7, 11) is 0. The van der Waals surface area contributed by atoms with Gasteiger partial charge in [0.25, 0.3) is 0 Å².